The predicted molar refractivity (Wildman–Crippen MR) is 108 cm³/mol. The number of nitrogens with zero attached hydrogens (tertiary/aromatic N) is 2. The Kier molecular flexibility index (Phi) is 4.46. The first-order valence-corrected chi connectivity index (χ1v) is 9.64. The van der Waals surface area contributed by atoms with E-state index in [-0.39, 0.29) is 17.5 Å². The Morgan fingerprint density at radius 3 is 2.67 bits per heavy atom. The Morgan fingerprint density at radius 2 is 1.87 bits per heavy atom. The number of hydrogen-bond donors (Lipinski definition) is 2. The predicted octanol–water partition coefficient (Wildman–Crippen LogP) is 4.20. The normalized spacial score (nSPS) is 20.5. The zero-order chi connectivity index (χ0) is 20.7. The number of nitrogens with one attached hydrogen (secondary N) is 2. The number of ketones is 1. The molecule has 2 N–H and O–H groups in total. The molecule has 1 aliphatic carbocycles. The van der Waals surface area contributed by atoms with E-state index in [1.54, 1.807) is 19.2 Å². The van der Waals surface area contributed by atoms with Gasteiger partial charge >= 0.3 is 0 Å². The zero-order valence-corrected chi connectivity index (χ0v) is 16.2. The molecule has 2 aromatic carbocycles. The maximum Gasteiger partial charge on any atom is 0.219 e. The van der Waals surface area contributed by atoms with Crippen molar-refractivity contribution in [3.05, 3.63) is 76.7 Å². The number of ether oxygens (including phenoxy) is 1. The second kappa shape index (κ2) is 7.29. The van der Waals surface area contributed by atoms with Gasteiger partial charge in [-0.25, -0.2) is 9.02 Å². The van der Waals surface area contributed by atoms with Gasteiger partial charge in [-0.1, -0.05) is 24.3 Å². The molecule has 2 atom stereocenters. The highest BCUT2D eigenvalue weighted by molar-refractivity contribution is 6.00. The second-order valence-electron chi connectivity index (χ2n) is 7.41. The van der Waals surface area contributed by atoms with Crippen molar-refractivity contribution in [2.24, 2.45) is 0 Å². The van der Waals surface area contributed by atoms with Gasteiger partial charge in [-0.15, -0.1) is 0 Å². The number of halogens is 1. The molecule has 0 saturated heterocycles. The Balaban J connectivity index is 1.59. The number of aromatic nitrogens is 2. The van der Waals surface area contributed by atoms with E-state index in [2.05, 4.69) is 20.9 Å². The van der Waals surface area contributed by atoms with Crippen molar-refractivity contribution in [3.8, 4) is 5.75 Å². The number of fused-ring (bicyclic) bond motifs is 1. The smallest absolute Gasteiger partial charge is 0.219 e. The Morgan fingerprint density at radius 1 is 1.07 bits per heavy atom. The van der Waals surface area contributed by atoms with Gasteiger partial charge in [0.2, 0.25) is 11.6 Å². The number of carbonyl (C=O) groups is 1. The number of carbonyl (C=O) groups excluding carboxylic acids is 1. The molecule has 0 bridgehead atoms. The number of Topliss-reactive ketones (excluding diaryl/α,β-unsaturated/α-hetero) is 1. The monoisotopic (exact) mass is 406 g/mol. The first-order chi connectivity index (χ1) is 14.6. The lowest BCUT2D eigenvalue weighted by Gasteiger charge is -2.29. The number of allylic oxidation sites excluding steroid dienone is 1. The molecule has 5 rings (SSSR count). The lowest BCUT2D eigenvalue weighted by molar-refractivity contribution is -0.116. The van der Waals surface area contributed by atoms with Crippen LogP contribution in [-0.4, -0.2) is 23.2 Å². The average molecular weight is 406 g/mol. The number of methoxy groups -OCH3 is 1. The van der Waals surface area contributed by atoms with Crippen molar-refractivity contribution in [2.75, 3.05) is 17.7 Å². The minimum Gasteiger partial charge on any atom is -0.497 e. The van der Waals surface area contributed by atoms with Gasteiger partial charge in [-0.2, -0.15) is 0 Å². The topological polar surface area (TPSA) is 89.3 Å². The number of hydrogen-bond acceptors (Lipinski definition) is 7. The summed E-state index contributed by atoms with van der Waals surface area (Å²) in [7, 11) is 1.60. The van der Waals surface area contributed by atoms with E-state index in [4.69, 9.17) is 9.37 Å². The molecule has 0 unspecified atom stereocenters. The molecule has 30 heavy (non-hydrogen) atoms. The third kappa shape index (κ3) is 3.20. The lowest BCUT2D eigenvalue weighted by atomic mass is 9.78. The van der Waals surface area contributed by atoms with Crippen LogP contribution >= 0.6 is 0 Å². The summed E-state index contributed by atoms with van der Waals surface area (Å²) < 4.78 is 23.6. The molecule has 1 aromatic heterocycles. The summed E-state index contributed by atoms with van der Waals surface area (Å²) in [4.78, 5) is 13.3. The minimum absolute atomic E-state index is 0.0143. The summed E-state index contributed by atoms with van der Waals surface area (Å²) in [6.07, 6.45) is 0.922. The van der Waals surface area contributed by atoms with Gasteiger partial charge in [0, 0.05) is 17.7 Å². The first kappa shape index (κ1) is 18.4. The third-order valence-electron chi connectivity index (χ3n) is 5.60. The number of anilines is 2. The van der Waals surface area contributed by atoms with Crippen LogP contribution in [0.15, 0.2) is 64.4 Å². The van der Waals surface area contributed by atoms with Crippen molar-refractivity contribution in [3.63, 3.8) is 0 Å². The van der Waals surface area contributed by atoms with E-state index in [9.17, 15) is 9.18 Å². The Labute approximate surface area is 171 Å². The van der Waals surface area contributed by atoms with Crippen molar-refractivity contribution in [1.82, 2.24) is 10.3 Å². The fourth-order valence-corrected chi connectivity index (χ4v) is 4.14. The van der Waals surface area contributed by atoms with E-state index >= 15 is 0 Å². The van der Waals surface area contributed by atoms with Gasteiger partial charge in [0.15, 0.2) is 5.78 Å². The van der Waals surface area contributed by atoms with Gasteiger partial charge in [0.25, 0.3) is 0 Å². The molecule has 7 nitrogen and oxygen atoms in total. The molecule has 2 aliphatic rings. The Bertz CT molecular complexity index is 1140. The van der Waals surface area contributed by atoms with Crippen LogP contribution in [0.2, 0.25) is 0 Å². The van der Waals surface area contributed by atoms with Crippen LogP contribution in [0.1, 0.15) is 35.9 Å². The van der Waals surface area contributed by atoms with E-state index in [1.165, 1.54) is 12.1 Å². The van der Waals surface area contributed by atoms with Gasteiger partial charge in [-0.3, -0.25) is 4.79 Å². The van der Waals surface area contributed by atoms with Crippen LogP contribution in [0.4, 0.5) is 16.0 Å². The molecule has 0 radical (unpaired) electrons. The fourth-order valence-electron chi connectivity index (χ4n) is 4.14. The van der Waals surface area contributed by atoms with E-state index in [0.29, 0.717) is 35.8 Å². The van der Waals surface area contributed by atoms with Crippen molar-refractivity contribution >= 4 is 17.4 Å². The van der Waals surface area contributed by atoms with E-state index in [1.807, 2.05) is 24.3 Å². The standard InChI is InChI=1S/C22H19FN4O3/c1-29-16-4-2-3-13(9-16)20-19-17(24-21-22(25-20)27-30-26-21)10-14(11-18(19)28)12-5-7-15(23)8-6-12/h2-9,14,20H,10-11H2,1H3,(H,24,26)(H,25,27)/t14-,20-/m1/s1. The summed E-state index contributed by atoms with van der Waals surface area (Å²) in [5, 5.41) is 14.4. The Hall–Kier alpha value is -3.68. The van der Waals surface area contributed by atoms with Crippen LogP contribution in [0.5, 0.6) is 5.75 Å². The highest BCUT2D eigenvalue weighted by Crippen LogP contribution is 2.43. The van der Waals surface area contributed by atoms with Gasteiger partial charge in [0.05, 0.1) is 13.2 Å². The molecule has 0 saturated carbocycles. The highest BCUT2D eigenvalue weighted by atomic mass is 19.1. The van der Waals surface area contributed by atoms with Crippen molar-refractivity contribution in [1.29, 1.82) is 0 Å². The quantitative estimate of drug-likeness (QED) is 0.674. The molecular formula is C22H19FN4O3. The average Bonchev–Trinajstić information content (AvgIpc) is 3.13. The molecule has 3 aromatic rings. The molecular weight excluding hydrogens is 387 g/mol. The van der Waals surface area contributed by atoms with Crippen LogP contribution in [-0.2, 0) is 4.79 Å². The van der Waals surface area contributed by atoms with Crippen LogP contribution in [0, 0.1) is 5.82 Å². The van der Waals surface area contributed by atoms with Crippen LogP contribution in [0.3, 0.4) is 0 Å². The maximum atomic E-state index is 13.4. The van der Waals surface area contributed by atoms with Gasteiger partial charge < -0.3 is 15.4 Å². The van der Waals surface area contributed by atoms with E-state index < -0.39 is 6.04 Å². The zero-order valence-electron chi connectivity index (χ0n) is 16.2. The molecule has 0 spiro atoms. The summed E-state index contributed by atoms with van der Waals surface area (Å²) >= 11 is 0. The summed E-state index contributed by atoms with van der Waals surface area (Å²) in [5.74, 6) is 1.22. The van der Waals surface area contributed by atoms with Crippen molar-refractivity contribution in [2.45, 2.75) is 24.8 Å². The molecule has 0 amide bonds. The maximum absolute atomic E-state index is 13.4. The second-order valence-corrected chi connectivity index (χ2v) is 7.41. The summed E-state index contributed by atoms with van der Waals surface area (Å²) in [6.45, 7) is 0. The fraction of sp³-hybridized carbons (Fsp3) is 0.227. The molecule has 1 aliphatic heterocycles. The summed E-state index contributed by atoms with van der Waals surface area (Å²) in [6, 6.07) is 13.4. The largest absolute Gasteiger partial charge is 0.497 e. The van der Waals surface area contributed by atoms with E-state index in [0.717, 1.165) is 16.8 Å². The molecule has 0 fully saturated rings. The van der Waals surface area contributed by atoms with Gasteiger partial charge in [-0.05, 0) is 58.0 Å². The molecule has 152 valence electrons. The summed E-state index contributed by atoms with van der Waals surface area (Å²) in [5.41, 5.74) is 3.19. The SMILES string of the molecule is COc1cccc([C@H]2Nc3nonc3NC3=C2C(=O)C[C@H](c2ccc(F)cc2)C3)c1. The first-order valence-electron chi connectivity index (χ1n) is 9.64. The van der Waals surface area contributed by atoms with Gasteiger partial charge in [0.1, 0.15) is 11.6 Å². The molecule has 2 heterocycles. The minimum atomic E-state index is -0.433. The number of rotatable bonds is 3. The van der Waals surface area contributed by atoms with Crippen molar-refractivity contribution < 1.29 is 18.6 Å². The molecule has 8 heteroatoms. The number of benzene rings is 2. The van der Waals surface area contributed by atoms with Crippen LogP contribution in [0.25, 0.3) is 0 Å². The lowest BCUT2D eigenvalue weighted by Crippen LogP contribution is -2.27. The van der Waals surface area contributed by atoms with Crippen LogP contribution < -0.4 is 15.4 Å². The third-order valence-corrected chi connectivity index (χ3v) is 5.60. The highest BCUT2D eigenvalue weighted by Gasteiger charge is 2.37.